The van der Waals surface area contributed by atoms with Gasteiger partial charge in [0.1, 0.15) is 11.6 Å². The van der Waals surface area contributed by atoms with Crippen molar-refractivity contribution in [3.05, 3.63) is 29.7 Å². The van der Waals surface area contributed by atoms with Gasteiger partial charge in [0, 0.05) is 6.20 Å². The van der Waals surface area contributed by atoms with Gasteiger partial charge in [-0.15, -0.1) is 5.10 Å². The maximum Gasteiger partial charge on any atom is 0.190 e. The smallest absolute Gasteiger partial charge is 0.190 e. The van der Waals surface area contributed by atoms with Gasteiger partial charge in [0.05, 0.1) is 0 Å². The molecule has 2 aromatic rings. The molecule has 2 heterocycles. The van der Waals surface area contributed by atoms with Crippen LogP contribution in [0.1, 0.15) is 11.6 Å². The Labute approximate surface area is 93.8 Å². The molecule has 0 aliphatic carbocycles. The van der Waals surface area contributed by atoms with Gasteiger partial charge in [0.2, 0.25) is 0 Å². The SMILES string of the molecule is C[B]c1ccnc(-n2nc(C)nc2C)c1F. The van der Waals surface area contributed by atoms with Gasteiger partial charge in [-0.1, -0.05) is 6.82 Å². The van der Waals surface area contributed by atoms with Gasteiger partial charge in [-0.3, -0.25) is 0 Å². The van der Waals surface area contributed by atoms with Crippen molar-refractivity contribution in [3.63, 3.8) is 0 Å². The van der Waals surface area contributed by atoms with Crippen LogP contribution in [0.15, 0.2) is 12.3 Å². The summed E-state index contributed by atoms with van der Waals surface area (Å²) in [6, 6.07) is 1.62. The number of nitrogens with zero attached hydrogens (tertiary/aromatic N) is 4. The molecule has 0 unspecified atom stereocenters. The van der Waals surface area contributed by atoms with Crippen LogP contribution in [0.4, 0.5) is 4.39 Å². The predicted octanol–water partition coefficient (Wildman–Crippen LogP) is 0.796. The lowest BCUT2D eigenvalue weighted by Gasteiger charge is -2.06. The minimum Gasteiger partial charge on any atom is -0.235 e. The summed E-state index contributed by atoms with van der Waals surface area (Å²) in [6.45, 7) is 5.31. The predicted molar refractivity (Wildman–Crippen MR) is 59.8 cm³/mol. The number of aryl methyl sites for hydroxylation is 2. The van der Waals surface area contributed by atoms with E-state index in [1.165, 1.54) is 4.68 Å². The summed E-state index contributed by atoms with van der Waals surface area (Å²) in [5.41, 5.74) is 0.512. The second-order valence-electron chi connectivity index (χ2n) is 3.44. The first-order valence-corrected chi connectivity index (χ1v) is 4.98. The first kappa shape index (κ1) is 10.8. The van der Waals surface area contributed by atoms with Gasteiger partial charge in [0.25, 0.3) is 0 Å². The summed E-state index contributed by atoms with van der Waals surface area (Å²) in [4.78, 5) is 8.12. The molecule has 0 saturated heterocycles. The van der Waals surface area contributed by atoms with E-state index < -0.39 is 0 Å². The van der Waals surface area contributed by atoms with Gasteiger partial charge < -0.3 is 0 Å². The Kier molecular flexibility index (Phi) is 2.72. The van der Waals surface area contributed by atoms with E-state index in [0.29, 0.717) is 17.1 Å². The Morgan fingerprint density at radius 3 is 2.69 bits per heavy atom. The molecule has 2 aromatic heterocycles. The Hall–Kier alpha value is -1.72. The second kappa shape index (κ2) is 4.04. The fourth-order valence-corrected chi connectivity index (χ4v) is 1.54. The van der Waals surface area contributed by atoms with Crippen LogP contribution in [0.25, 0.3) is 5.82 Å². The average molecular weight is 217 g/mol. The molecule has 16 heavy (non-hydrogen) atoms. The number of aromatic nitrogens is 4. The van der Waals surface area contributed by atoms with E-state index in [2.05, 4.69) is 15.1 Å². The van der Waals surface area contributed by atoms with Gasteiger partial charge in [-0.05, 0) is 25.4 Å². The van der Waals surface area contributed by atoms with Crippen LogP contribution in [0.2, 0.25) is 6.82 Å². The molecular weight excluding hydrogens is 206 g/mol. The number of rotatable bonds is 2. The highest BCUT2D eigenvalue weighted by atomic mass is 19.1. The molecule has 0 atom stereocenters. The van der Waals surface area contributed by atoms with Gasteiger partial charge in [-0.25, -0.2) is 14.4 Å². The van der Waals surface area contributed by atoms with Crippen LogP contribution >= 0.6 is 0 Å². The highest BCUT2D eigenvalue weighted by Crippen LogP contribution is 2.09. The zero-order valence-corrected chi connectivity index (χ0v) is 9.40. The second-order valence-corrected chi connectivity index (χ2v) is 3.44. The quantitative estimate of drug-likeness (QED) is 0.698. The number of halogens is 1. The number of hydrogen-bond acceptors (Lipinski definition) is 3. The molecule has 4 nitrogen and oxygen atoms in total. The average Bonchev–Trinajstić information content (AvgIpc) is 2.58. The molecule has 0 saturated carbocycles. The summed E-state index contributed by atoms with van der Waals surface area (Å²) in [5, 5.41) is 4.11. The Morgan fingerprint density at radius 2 is 2.12 bits per heavy atom. The fourth-order valence-electron chi connectivity index (χ4n) is 1.54. The zero-order valence-electron chi connectivity index (χ0n) is 9.40. The summed E-state index contributed by atoms with van der Waals surface area (Å²) in [6.07, 6.45) is 1.56. The minimum atomic E-state index is -0.377. The number of hydrogen-bond donors (Lipinski definition) is 0. The van der Waals surface area contributed by atoms with Crippen molar-refractivity contribution in [1.82, 2.24) is 19.7 Å². The third-order valence-corrected chi connectivity index (χ3v) is 2.29. The van der Waals surface area contributed by atoms with Crippen molar-refractivity contribution >= 4 is 12.7 Å². The lowest BCUT2D eigenvalue weighted by atomic mass is 9.73. The molecule has 0 aliphatic heterocycles. The molecule has 0 bridgehead atoms. The molecule has 0 spiro atoms. The van der Waals surface area contributed by atoms with Crippen molar-refractivity contribution in [2.75, 3.05) is 0 Å². The zero-order chi connectivity index (χ0) is 11.7. The van der Waals surface area contributed by atoms with Crippen LogP contribution in [0.5, 0.6) is 0 Å². The molecule has 81 valence electrons. The highest BCUT2D eigenvalue weighted by Gasteiger charge is 2.13. The van der Waals surface area contributed by atoms with E-state index in [0.717, 1.165) is 0 Å². The largest absolute Gasteiger partial charge is 0.235 e. The van der Waals surface area contributed by atoms with Crippen LogP contribution in [-0.4, -0.2) is 27.0 Å². The summed E-state index contributed by atoms with van der Waals surface area (Å²) < 4.78 is 15.4. The topological polar surface area (TPSA) is 43.6 Å². The Balaban J connectivity index is 2.60. The summed E-state index contributed by atoms with van der Waals surface area (Å²) in [7, 11) is 1.69. The third kappa shape index (κ3) is 1.71. The molecule has 0 aromatic carbocycles. The van der Waals surface area contributed by atoms with Crippen LogP contribution in [-0.2, 0) is 0 Å². The van der Waals surface area contributed by atoms with E-state index in [-0.39, 0.29) is 11.6 Å². The van der Waals surface area contributed by atoms with Crippen molar-refractivity contribution in [3.8, 4) is 5.82 Å². The Bertz CT molecular complexity index is 524. The minimum absolute atomic E-state index is 0.189. The van der Waals surface area contributed by atoms with E-state index in [4.69, 9.17) is 0 Å². The first-order chi connectivity index (χ1) is 7.63. The lowest BCUT2D eigenvalue weighted by molar-refractivity contribution is 0.604. The monoisotopic (exact) mass is 217 g/mol. The fraction of sp³-hybridized carbons (Fsp3) is 0.300. The van der Waals surface area contributed by atoms with Crippen LogP contribution in [0.3, 0.4) is 0 Å². The van der Waals surface area contributed by atoms with Gasteiger partial charge >= 0.3 is 0 Å². The van der Waals surface area contributed by atoms with Gasteiger partial charge in [-0.2, -0.15) is 4.68 Å². The summed E-state index contributed by atoms with van der Waals surface area (Å²) >= 11 is 0. The molecular formula is C10H11BFN4. The molecule has 0 aliphatic rings. The van der Waals surface area contributed by atoms with Crippen LogP contribution in [0, 0.1) is 19.7 Å². The van der Waals surface area contributed by atoms with Crippen molar-refractivity contribution in [2.45, 2.75) is 20.7 Å². The van der Waals surface area contributed by atoms with Gasteiger partial charge in [0.15, 0.2) is 18.9 Å². The summed E-state index contributed by atoms with van der Waals surface area (Å²) in [5.74, 6) is 1.04. The van der Waals surface area contributed by atoms with Crippen molar-refractivity contribution in [1.29, 1.82) is 0 Å². The van der Waals surface area contributed by atoms with Crippen LogP contribution < -0.4 is 5.46 Å². The molecule has 1 radical (unpaired) electrons. The third-order valence-electron chi connectivity index (χ3n) is 2.29. The molecule has 6 heteroatoms. The normalized spacial score (nSPS) is 10.5. The highest BCUT2D eigenvalue weighted by molar-refractivity contribution is 6.52. The van der Waals surface area contributed by atoms with E-state index in [1.807, 2.05) is 0 Å². The lowest BCUT2D eigenvalue weighted by Crippen LogP contribution is -2.20. The van der Waals surface area contributed by atoms with E-state index in [9.17, 15) is 4.39 Å². The maximum atomic E-state index is 14.0. The van der Waals surface area contributed by atoms with E-state index >= 15 is 0 Å². The van der Waals surface area contributed by atoms with Crippen molar-refractivity contribution < 1.29 is 4.39 Å². The van der Waals surface area contributed by atoms with E-state index in [1.54, 1.807) is 40.2 Å². The maximum absolute atomic E-state index is 14.0. The standard InChI is InChI=1S/C10H11BFN4/c1-6-14-7(2)16(15-6)10-9(12)8(11-3)4-5-13-10/h4-5H,1-3H3. The Morgan fingerprint density at radius 1 is 1.38 bits per heavy atom. The van der Waals surface area contributed by atoms with Crippen molar-refractivity contribution in [2.24, 2.45) is 0 Å². The molecule has 0 amide bonds. The molecule has 2 rings (SSSR count). The first-order valence-electron chi connectivity index (χ1n) is 4.98. The molecule has 0 fully saturated rings. The number of pyridine rings is 1. The molecule has 0 N–H and O–H groups in total.